The van der Waals surface area contributed by atoms with Crippen molar-refractivity contribution in [2.24, 2.45) is 0 Å². The lowest BCUT2D eigenvalue weighted by atomic mass is 10.1. The Morgan fingerprint density at radius 3 is 1.85 bits per heavy atom. The largest absolute Gasteiger partial charge is 0.416 e. The van der Waals surface area contributed by atoms with Crippen molar-refractivity contribution in [1.29, 1.82) is 0 Å². The topological polar surface area (TPSA) is 46.2 Å². The molecule has 0 radical (unpaired) electrons. The van der Waals surface area contributed by atoms with Gasteiger partial charge in [0.2, 0.25) is 10.0 Å². The molecule has 0 saturated heterocycles. The predicted molar refractivity (Wildman–Crippen MR) is 76.9 cm³/mol. The van der Waals surface area contributed by atoms with E-state index in [1.807, 2.05) is 4.72 Å². The average molecular weight is 401 g/mol. The predicted octanol–water partition coefficient (Wildman–Crippen LogP) is 4.34. The number of nitrogens with one attached hydrogen (secondary N) is 1. The van der Waals surface area contributed by atoms with Gasteiger partial charge in [0.15, 0.2) is 0 Å². The van der Waals surface area contributed by atoms with Crippen molar-refractivity contribution < 1.29 is 39.2 Å². The van der Waals surface area contributed by atoms with Crippen molar-refractivity contribution in [2.45, 2.75) is 23.8 Å². The Morgan fingerprint density at radius 1 is 0.808 bits per heavy atom. The fraction of sp³-hybridized carbons (Fsp3) is 0.200. The highest BCUT2D eigenvalue weighted by Gasteiger charge is 2.32. The highest BCUT2D eigenvalue weighted by atomic mass is 32.2. The molecule has 3 nitrogen and oxygen atoms in total. The zero-order valence-electron chi connectivity index (χ0n) is 12.6. The second-order valence-electron chi connectivity index (χ2n) is 5.19. The highest BCUT2D eigenvalue weighted by Crippen LogP contribution is 2.31. The van der Waals surface area contributed by atoms with Crippen molar-refractivity contribution in [3.63, 3.8) is 0 Å². The molecule has 1 N–H and O–H groups in total. The maximum absolute atomic E-state index is 13.3. The number of sulfonamides is 1. The van der Waals surface area contributed by atoms with Crippen LogP contribution in [0.15, 0.2) is 47.4 Å². The summed E-state index contributed by atoms with van der Waals surface area (Å²) >= 11 is 0. The summed E-state index contributed by atoms with van der Waals surface area (Å²) < 4.78 is 115. The summed E-state index contributed by atoms with van der Waals surface area (Å²) in [7, 11) is -4.30. The molecule has 0 atom stereocenters. The van der Waals surface area contributed by atoms with Gasteiger partial charge in [-0.05, 0) is 48.0 Å². The van der Waals surface area contributed by atoms with Gasteiger partial charge in [-0.2, -0.15) is 26.3 Å². The standard InChI is InChI=1S/C15H10F7NO2S/c16-12-6-9(5-11(7-12)15(20,21)22)8-23-26(24,25)13-3-1-10(2-4-13)14(17,18)19/h1-7,23H,8H2. The van der Waals surface area contributed by atoms with E-state index in [4.69, 9.17) is 0 Å². The van der Waals surface area contributed by atoms with Crippen LogP contribution >= 0.6 is 0 Å². The fourth-order valence-corrected chi connectivity index (χ4v) is 3.02. The Bertz CT molecular complexity index is 888. The van der Waals surface area contributed by atoms with Crippen LogP contribution in [0.2, 0.25) is 0 Å². The summed E-state index contributed by atoms with van der Waals surface area (Å²) in [5.41, 5.74) is -2.65. The Labute approximate surface area is 143 Å². The molecule has 0 aliphatic rings. The zero-order chi connectivity index (χ0) is 19.8. The zero-order valence-corrected chi connectivity index (χ0v) is 13.4. The first kappa shape index (κ1) is 20.2. The lowest BCUT2D eigenvalue weighted by Crippen LogP contribution is -2.23. The summed E-state index contributed by atoms with van der Waals surface area (Å²) in [6, 6.07) is 4.06. The molecule has 0 spiro atoms. The van der Waals surface area contributed by atoms with E-state index in [1.54, 1.807) is 0 Å². The lowest BCUT2D eigenvalue weighted by molar-refractivity contribution is -0.138. The van der Waals surface area contributed by atoms with Crippen LogP contribution in [-0.2, 0) is 28.9 Å². The Kier molecular flexibility index (Phi) is 5.34. The number of halogens is 7. The van der Waals surface area contributed by atoms with Crippen molar-refractivity contribution in [2.75, 3.05) is 0 Å². The molecule has 0 saturated carbocycles. The minimum absolute atomic E-state index is 0.258. The van der Waals surface area contributed by atoms with Gasteiger partial charge < -0.3 is 0 Å². The highest BCUT2D eigenvalue weighted by molar-refractivity contribution is 7.89. The molecule has 2 aromatic rings. The van der Waals surface area contributed by atoms with E-state index in [-0.39, 0.29) is 11.6 Å². The average Bonchev–Trinajstić information content (AvgIpc) is 2.51. The molecule has 0 aliphatic carbocycles. The number of alkyl halides is 6. The molecular formula is C15H10F7NO2S. The van der Waals surface area contributed by atoms with Gasteiger partial charge in [-0.1, -0.05) is 0 Å². The number of rotatable bonds is 4. The molecule has 2 rings (SSSR count). The molecule has 142 valence electrons. The second kappa shape index (κ2) is 6.88. The van der Waals surface area contributed by atoms with Crippen LogP contribution < -0.4 is 4.72 Å². The van der Waals surface area contributed by atoms with Crippen molar-refractivity contribution in [3.05, 3.63) is 65.0 Å². The van der Waals surface area contributed by atoms with E-state index in [0.29, 0.717) is 36.4 Å². The van der Waals surface area contributed by atoms with E-state index in [9.17, 15) is 39.2 Å². The van der Waals surface area contributed by atoms with Crippen LogP contribution in [0.5, 0.6) is 0 Å². The fourth-order valence-electron chi connectivity index (χ4n) is 2.00. The van der Waals surface area contributed by atoms with Gasteiger partial charge in [0.1, 0.15) is 5.82 Å². The van der Waals surface area contributed by atoms with Crippen LogP contribution in [-0.4, -0.2) is 8.42 Å². The van der Waals surface area contributed by atoms with Gasteiger partial charge in [0, 0.05) is 6.54 Å². The van der Waals surface area contributed by atoms with Gasteiger partial charge in [0.25, 0.3) is 0 Å². The first-order valence-electron chi connectivity index (χ1n) is 6.82. The number of hydrogen-bond acceptors (Lipinski definition) is 2. The van der Waals surface area contributed by atoms with Crippen LogP contribution in [0.3, 0.4) is 0 Å². The van der Waals surface area contributed by atoms with Crippen LogP contribution in [0.1, 0.15) is 16.7 Å². The molecular weight excluding hydrogens is 391 g/mol. The van der Waals surface area contributed by atoms with Crippen molar-refractivity contribution in [1.82, 2.24) is 4.72 Å². The smallest absolute Gasteiger partial charge is 0.207 e. The number of hydrogen-bond donors (Lipinski definition) is 1. The molecule has 11 heteroatoms. The van der Waals surface area contributed by atoms with Gasteiger partial charge in [0.05, 0.1) is 16.0 Å². The Balaban J connectivity index is 2.19. The summed E-state index contributed by atoms with van der Waals surface area (Å²) in [5, 5.41) is 0. The van der Waals surface area contributed by atoms with E-state index in [2.05, 4.69) is 0 Å². The van der Waals surface area contributed by atoms with Gasteiger partial charge in [-0.25, -0.2) is 17.5 Å². The van der Waals surface area contributed by atoms with Crippen molar-refractivity contribution >= 4 is 10.0 Å². The van der Waals surface area contributed by atoms with Crippen LogP contribution in [0, 0.1) is 5.82 Å². The second-order valence-corrected chi connectivity index (χ2v) is 6.96. The molecule has 0 bridgehead atoms. The monoisotopic (exact) mass is 401 g/mol. The molecule has 0 heterocycles. The van der Waals surface area contributed by atoms with Crippen LogP contribution in [0.4, 0.5) is 30.7 Å². The van der Waals surface area contributed by atoms with Gasteiger partial charge in [-0.15, -0.1) is 0 Å². The lowest BCUT2D eigenvalue weighted by Gasteiger charge is -2.11. The summed E-state index contributed by atoms with van der Waals surface area (Å²) in [6.07, 6.45) is -9.46. The third kappa shape index (κ3) is 4.94. The van der Waals surface area contributed by atoms with E-state index in [1.165, 1.54) is 0 Å². The first-order chi connectivity index (χ1) is 11.8. The molecule has 2 aromatic carbocycles. The minimum atomic E-state index is -4.82. The molecule has 0 fully saturated rings. The SMILES string of the molecule is O=S(=O)(NCc1cc(F)cc(C(F)(F)F)c1)c1ccc(C(F)(F)F)cc1. The minimum Gasteiger partial charge on any atom is -0.207 e. The normalized spacial score (nSPS) is 13.0. The first-order valence-corrected chi connectivity index (χ1v) is 8.31. The third-order valence-electron chi connectivity index (χ3n) is 3.24. The maximum Gasteiger partial charge on any atom is 0.416 e. The summed E-state index contributed by atoms with van der Waals surface area (Å²) in [6.45, 7) is -0.676. The van der Waals surface area contributed by atoms with Gasteiger partial charge in [-0.3, -0.25) is 0 Å². The quantitative estimate of drug-likeness (QED) is 0.775. The molecule has 0 amide bonds. The molecule has 0 aromatic heterocycles. The van der Waals surface area contributed by atoms with E-state index < -0.39 is 50.8 Å². The summed E-state index contributed by atoms with van der Waals surface area (Å²) in [5.74, 6) is -1.21. The van der Waals surface area contributed by atoms with Crippen molar-refractivity contribution in [3.8, 4) is 0 Å². The molecule has 26 heavy (non-hydrogen) atoms. The third-order valence-corrected chi connectivity index (χ3v) is 4.66. The molecule has 0 aliphatic heterocycles. The van der Waals surface area contributed by atoms with E-state index >= 15 is 0 Å². The Hall–Kier alpha value is -2.14. The van der Waals surface area contributed by atoms with Gasteiger partial charge >= 0.3 is 12.4 Å². The number of benzene rings is 2. The summed E-state index contributed by atoms with van der Waals surface area (Å²) in [4.78, 5) is -0.516. The van der Waals surface area contributed by atoms with E-state index in [0.717, 1.165) is 0 Å². The molecule has 0 unspecified atom stereocenters. The Morgan fingerprint density at radius 2 is 1.35 bits per heavy atom. The van der Waals surface area contributed by atoms with Crippen LogP contribution in [0.25, 0.3) is 0 Å². The maximum atomic E-state index is 13.3.